The molecule has 0 aromatic heterocycles. The highest BCUT2D eigenvalue weighted by Crippen LogP contribution is 2.17. The largest absolute Gasteiger partial charge is 0.159 e. The van der Waals surface area contributed by atoms with Gasteiger partial charge in [0.25, 0.3) is 0 Å². The van der Waals surface area contributed by atoms with E-state index in [1.54, 1.807) is 0 Å². The molecule has 0 rings (SSSR count). The Morgan fingerprint density at radius 2 is 2.00 bits per heavy atom. The average Bonchev–Trinajstić information content (AvgIpc) is 1.98. The lowest BCUT2D eigenvalue weighted by Crippen LogP contribution is -2.02. The van der Waals surface area contributed by atoms with Crippen LogP contribution in [0, 0.1) is 5.92 Å². The highest BCUT2D eigenvalue weighted by molar-refractivity contribution is 9.09. The predicted molar refractivity (Wildman–Crippen MR) is 59.8 cm³/mol. The molecule has 11 heavy (non-hydrogen) atoms. The van der Waals surface area contributed by atoms with Gasteiger partial charge in [0.15, 0.2) is 0 Å². The van der Waals surface area contributed by atoms with Crippen LogP contribution in [-0.4, -0.2) is 16.3 Å². The monoisotopic (exact) mass is 238 g/mol. The van der Waals surface area contributed by atoms with Crippen molar-refractivity contribution in [2.24, 2.45) is 5.92 Å². The van der Waals surface area contributed by atoms with Crippen molar-refractivity contribution in [2.45, 2.75) is 38.9 Å². The van der Waals surface area contributed by atoms with Gasteiger partial charge in [0, 0.05) is 5.33 Å². The Morgan fingerprint density at radius 3 is 2.36 bits per heavy atom. The molecule has 0 aliphatic rings. The fourth-order valence-electron chi connectivity index (χ4n) is 0.861. The first kappa shape index (κ1) is 11.8. The average molecular weight is 239 g/mol. The van der Waals surface area contributed by atoms with Crippen LogP contribution in [0.25, 0.3) is 0 Å². The van der Waals surface area contributed by atoms with Gasteiger partial charge in [-0.2, -0.15) is 11.8 Å². The van der Waals surface area contributed by atoms with E-state index in [9.17, 15) is 0 Å². The van der Waals surface area contributed by atoms with Crippen LogP contribution in [0.15, 0.2) is 0 Å². The summed E-state index contributed by atoms with van der Waals surface area (Å²) < 4.78 is 0. The summed E-state index contributed by atoms with van der Waals surface area (Å²) in [5.41, 5.74) is 0. The zero-order valence-electron chi connectivity index (χ0n) is 7.77. The molecule has 0 amide bonds. The van der Waals surface area contributed by atoms with Crippen LogP contribution in [-0.2, 0) is 0 Å². The molecule has 68 valence electrons. The van der Waals surface area contributed by atoms with Gasteiger partial charge >= 0.3 is 0 Å². The molecule has 0 nitrogen and oxygen atoms in total. The van der Waals surface area contributed by atoms with Crippen molar-refractivity contribution in [3.8, 4) is 0 Å². The summed E-state index contributed by atoms with van der Waals surface area (Å²) in [6, 6.07) is 0. The molecule has 1 atom stereocenters. The minimum Gasteiger partial charge on any atom is -0.159 e. The van der Waals surface area contributed by atoms with Crippen LogP contribution in [0.2, 0.25) is 0 Å². The molecule has 0 N–H and O–H groups in total. The van der Waals surface area contributed by atoms with E-state index in [4.69, 9.17) is 0 Å². The van der Waals surface area contributed by atoms with Crippen LogP contribution in [0.1, 0.15) is 33.6 Å². The third-order valence-electron chi connectivity index (χ3n) is 1.77. The lowest BCUT2D eigenvalue weighted by molar-refractivity contribution is 0.561. The predicted octanol–water partition coefficient (Wildman–Crippen LogP) is 3.94. The van der Waals surface area contributed by atoms with Crippen LogP contribution >= 0.6 is 27.7 Å². The van der Waals surface area contributed by atoms with E-state index in [0.29, 0.717) is 0 Å². The first-order valence-electron chi connectivity index (χ1n) is 4.38. The summed E-state index contributed by atoms with van der Waals surface area (Å²) in [6.45, 7) is 6.80. The SMILES string of the molecule is CCC(CBr)CCSC(C)C. The van der Waals surface area contributed by atoms with E-state index in [0.717, 1.165) is 11.2 Å². The highest BCUT2D eigenvalue weighted by atomic mass is 79.9. The summed E-state index contributed by atoms with van der Waals surface area (Å²) in [7, 11) is 0. The topological polar surface area (TPSA) is 0 Å². The van der Waals surface area contributed by atoms with E-state index in [-0.39, 0.29) is 0 Å². The second-order valence-corrected chi connectivity index (χ2v) is 5.47. The third-order valence-corrected chi connectivity index (χ3v) is 3.83. The first-order chi connectivity index (χ1) is 5.20. The number of alkyl halides is 1. The highest BCUT2D eigenvalue weighted by Gasteiger charge is 2.04. The molecule has 0 radical (unpaired) electrons. The van der Waals surface area contributed by atoms with Gasteiger partial charge in [-0.15, -0.1) is 0 Å². The zero-order chi connectivity index (χ0) is 8.69. The molecule has 0 spiro atoms. The molecule has 0 saturated carbocycles. The maximum Gasteiger partial charge on any atom is 0.00598 e. The van der Waals surface area contributed by atoms with E-state index >= 15 is 0 Å². The first-order valence-corrected chi connectivity index (χ1v) is 6.55. The maximum absolute atomic E-state index is 3.53. The number of thioether (sulfide) groups is 1. The molecule has 0 heterocycles. The molecular weight excluding hydrogens is 220 g/mol. The minimum atomic E-state index is 0.794. The van der Waals surface area contributed by atoms with Gasteiger partial charge in [0.05, 0.1) is 0 Å². The van der Waals surface area contributed by atoms with Gasteiger partial charge in [-0.3, -0.25) is 0 Å². The van der Waals surface area contributed by atoms with Crippen molar-refractivity contribution in [3.63, 3.8) is 0 Å². The van der Waals surface area contributed by atoms with Crippen LogP contribution in [0.5, 0.6) is 0 Å². The number of hydrogen-bond acceptors (Lipinski definition) is 1. The second kappa shape index (κ2) is 7.48. The van der Waals surface area contributed by atoms with Crippen LogP contribution < -0.4 is 0 Å². The molecule has 0 aromatic carbocycles. The van der Waals surface area contributed by atoms with Crippen molar-refractivity contribution < 1.29 is 0 Å². The molecule has 0 bridgehead atoms. The summed E-state index contributed by atoms with van der Waals surface area (Å²) in [6.07, 6.45) is 2.68. The Morgan fingerprint density at radius 1 is 1.36 bits per heavy atom. The zero-order valence-corrected chi connectivity index (χ0v) is 10.2. The summed E-state index contributed by atoms with van der Waals surface area (Å²) in [5.74, 6) is 2.21. The van der Waals surface area contributed by atoms with Gasteiger partial charge in [-0.05, 0) is 23.3 Å². The molecule has 2 heteroatoms. The van der Waals surface area contributed by atoms with E-state index in [2.05, 4.69) is 48.5 Å². The fourth-order valence-corrected chi connectivity index (χ4v) is 2.58. The Kier molecular flexibility index (Phi) is 8.04. The van der Waals surface area contributed by atoms with Gasteiger partial charge in [0.2, 0.25) is 0 Å². The van der Waals surface area contributed by atoms with Gasteiger partial charge in [0.1, 0.15) is 0 Å². The Hall–Kier alpha value is 0.830. The second-order valence-electron chi connectivity index (χ2n) is 3.14. The van der Waals surface area contributed by atoms with Gasteiger partial charge < -0.3 is 0 Å². The van der Waals surface area contributed by atoms with E-state index in [1.807, 2.05) is 0 Å². The van der Waals surface area contributed by atoms with E-state index < -0.39 is 0 Å². The quantitative estimate of drug-likeness (QED) is 0.632. The molecule has 0 saturated heterocycles. The summed E-state index contributed by atoms with van der Waals surface area (Å²) in [5, 5.41) is 1.96. The van der Waals surface area contributed by atoms with Gasteiger partial charge in [-0.25, -0.2) is 0 Å². The molecular formula is C9H19BrS. The van der Waals surface area contributed by atoms with Crippen molar-refractivity contribution in [1.29, 1.82) is 0 Å². The lowest BCUT2D eigenvalue weighted by atomic mass is 10.1. The summed E-state index contributed by atoms with van der Waals surface area (Å²) in [4.78, 5) is 0. The normalized spacial score (nSPS) is 13.9. The molecule has 0 aliphatic carbocycles. The smallest absolute Gasteiger partial charge is 0.00598 e. The Balaban J connectivity index is 3.21. The van der Waals surface area contributed by atoms with Gasteiger partial charge in [-0.1, -0.05) is 43.1 Å². The van der Waals surface area contributed by atoms with Crippen molar-refractivity contribution in [1.82, 2.24) is 0 Å². The van der Waals surface area contributed by atoms with Crippen LogP contribution in [0.4, 0.5) is 0 Å². The third kappa shape index (κ3) is 7.20. The molecule has 0 aliphatic heterocycles. The van der Waals surface area contributed by atoms with Crippen molar-refractivity contribution in [3.05, 3.63) is 0 Å². The molecule has 0 fully saturated rings. The number of halogens is 1. The standard InChI is InChI=1S/C9H19BrS/c1-4-9(7-10)5-6-11-8(2)3/h8-9H,4-7H2,1-3H3. The lowest BCUT2D eigenvalue weighted by Gasteiger charge is -2.11. The van der Waals surface area contributed by atoms with Crippen molar-refractivity contribution >= 4 is 27.7 Å². The minimum absolute atomic E-state index is 0.794. The molecule has 1 unspecified atom stereocenters. The maximum atomic E-state index is 3.53. The number of rotatable bonds is 6. The van der Waals surface area contributed by atoms with Crippen LogP contribution in [0.3, 0.4) is 0 Å². The number of hydrogen-bond donors (Lipinski definition) is 0. The van der Waals surface area contributed by atoms with Crippen molar-refractivity contribution in [2.75, 3.05) is 11.1 Å². The fraction of sp³-hybridized carbons (Fsp3) is 1.00. The Labute approximate surface area is 83.6 Å². The van der Waals surface area contributed by atoms with E-state index in [1.165, 1.54) is 23.9 Å². The summed E-state index contributed by atoms with van der Waals surface area (Å²) >= 11 is 5.60. The Bertz CT molecular complexity index is 79.6. The molecule has 0 aromatic rings.